The second-order valence-electron chi connectivity index (χ2n) is 9.36. The number of nitrogens with one attached hydrogen (secondary N) is 1. The molecule has 3 aromatic rings. The van der Waals surface area contributed by atoms with Crippen molar-refractivity contribution >= 4 is 50.7 Å². The van der Waals surface area contributed by atoms with Gasteiger partial charge in [0.05, 0.1) is 17.2 Å². The summed E-state index contributed by atoms with van der Waals surface area (Å²) in [7, 11) is -4.32. The van der Waals surface area contributed by atoms with E-state index in [2.05, 4.69) is 5.32 Å². The molecule has 0 spiro atoms. The van der Waals surface area contributed by atoms with Crippen molar-refractivity contribution in [2.45, 2.75) is 51.1 Å². The zero-order chi connectivity index (χ0) is 30.9. The smallest absolute Gasteiger partial charge is 0.264 e. The molecule has 3 aromatic carbocycles. The van der Waals surface area contributed by atoms with E-state index in [9.17, 15) is 22.4 Å². The summed E-state index contributed by atoms with van der Waals surface area (Å²) in [6.45, 7) is 5.55. The third-order valence-electron chi connectivity index (χ3n) is 6.41. The minimum absolute atomic E-state index is 0.0755. The van der Waals surface area contributed by atoms with Gasteiger partial charge >= 0.3 is 0 Å². The zero-order valence-corrected chi connectivity index (χ0v) is 26.0. The summed E-state index contributed by atoms with van der Waals surface area (Å²) in [6.07, 6.45) is 0.951. The lowest BCUT2D eigenvalue weighted by atomic mass is 10.1. The fourth-order valence-corrected chi connectivity index (χ4v) is 6.14. The molecule has 0 heterocycles. The molecule has 2 amide bonds. The van der Waals surface area contributed by atoms with Crippen molar-refractivity contribution in [2.24, 2.45) is 0 Å². The van der Waals surface area contributed by atoms with Crippen molar-refractivity contribution in [3.05, 3.63) is 88.2 Å². The molecule has 3 rings (SSSR count). The van der Waals surface area contributed by atoms with E-state index in [-0.39, 0.29) is 29.5 Å². The first-order chi connectivity index (χ1) is 20.0. The molecule has 0 radical (unpaired) electrons. The number of rotatable bonds is 14. The normalized spacial score (nSPS) is 12.0. The Hall–Kier alpha value is -3.34. The number of anilines is 1. The van der Waals surface area contributed by atoms with Crippen LogP contribution in [0.2, 0.25) is 10.0 Å². The van der Waals surface area contributed by atoms with Crippen LogP contribution < -0.4 is 14.4 Å². The summed E-state index contributed by atoms with van der Waals surface area (Å²) in [6, 6.07) is 14.4. The fraction of sp³-hybridized carbons (Fsp3) is 0.333. The number of benzene rings is 3. The standard InChI is InChI=1S/C30H34Cl2FN3O5S/c1-4-17-34-30(38)28(5-2)35(19-21-7-8-22(31)18-27(21)32)29(37)20-36(24-11-9-23(33)10-12-24)42(39,40)26-15-13-25(14-16-26)41-6-3/h7-16,18,28H,4-6,17,19-20H2,1-3H3,(H,34,38)/t28-/m0/s1. The van der Waals surface area contributed by atoms with Gasteiger partial charge < -0.3 is 15.0 Å². The number of nitrogens with zero attached hydrogens (tertiary/aromatic N) is 2. The minimum Gasteiger partial charge on any atom is -0.494 e. The predicted octanol–water partition coefficient (Wildman–Crippen LogP) is 6.06. The number of hydrogen-bond acceptors (Lipinski definition) is 5. The Morgan fingerprint density at radius 2 is 1.64 bits per heavy atom. The topological polar surface area (TPSA) is 96.0 Å². The van der Waals surface area contributed by atoms with Crippen molar-refractivity contribution in [1.29, 1.82) is 0 Å². The van der Waals surface area contributed by atoms with Crippen LogP contribution >= 0.6 is 23.2 Å². The highest BCUT2D eigenvalue weighted by Gasteiger charge is 2.34. The van der Waals surface area contributed by atoms with Crippen molar-refractivity contribution < 1.29 is 27.1 Å². The first kappa shape index (κ1) is 33.2. The number of carbonyl (C=O) groups excluding carboxylic acids is 2. The van der Waals surface area contributed by atoms with E-state index >= 15 is 0 Å². The first-order valence-electron chi connectivity index (χ1n) is 13.5. The van der Waals surface area contributed by atoms with Gasteiger partial charge in [0.25, 0.3) is 10.0 Å². The van der Waals surface area contributed by atoms with Crippen LogP contribution in [0.25, 0.3) is 0 Å². The number of sulfonamides is 1. The summed E-state index contributed by atoms with van der Waals surface area (Å²) in [5.41, 5.74) is 0.602. The van der Waals surface area contributed by atoms with Crippen LogP contribution in [0.4, 0.5) is 10.1 Å². The molecule has 0 aliphatic carbocycles. The Morgan fingerprint density at radius 1 is 0.976 bits per heavy atom. The van der Waals surface area contributed by atoms with Crippen LogP contribution in [-0.4, -0.2) is 50.9 Å². The minimum atomic E-state index is -4.32. The van der Waals surface area contributed by atoms with Crippen LogP contribution in [0.5, 0.6) is 5.75 Å². The number of hydrogen-bond donors (Lipinski definition) is 1. The largest absolute Gasteiger partial charge is 0.494 e. The molecule has 42 heavy (non-hydrogen) atoms. The van der Waals surface area contributed by atoms with Crippen molar-refractivity contribution in [3.8, 4) is 5.75 Å². The fourth-order valence-electron chi connectivity index (χ4n) is 4.26. The molecule has 0 saturated carbocycles. The van der Waals surface area contributed by atoms with Gasteiger partial charge in [0.2, 0.25) is 11.8 Å². The molecule has 0 fully saturated rings. The molecular weight excluding hydrogens is 604 g/mol. The molecule has 1 N–H and O–H groups in total. The molecule has 0 unspecified atom stereocenters. The monoisotopic (exact) mass is 637 g/mol. The van der Waals surface area contributed by atoms with E-state index in [4.69, 9.17) is 27.9 Å². The van der Waals surface area contributed by atoms with Gasteiger partial charge in [-0.25, -0.2) is 12.8 Å². The molecule has 0 saturated heterocycles. The maximum atomic E-state index is 14.0. The molecule has 0 bridgehead atoms. The van der Waals surface area contributed by atoms with Crippen LogP contribution in [0.1, 0.15) is 39.2 Å². The summed E-state index contributed by atoms with van der Waals surface area (Å²) in [5.74, 6) is -1.12. The SMILES string of the molecule is CCCNC(=O)[C@H](CC)N(Cc1ccc(Cl)cc1Cl)C(=O)CN(c1ccc(F)cc1)S(=O)(=O)c1ccc(OCC)cc1. The lowest BCUT2D eigenvalue weighted by molar-refractivity contribution is -0.140. The zero-order valence-electron chi connectivity index (χ0n) is 23.6. The average Bonchev–Trinajstić information content (AvgIpc) is 2.96. The summed E-state index contributed by atoms with van der Waals surface area (Å²) < 4.78 is 48.0. The summed E-state index contributed by atoms with van der Waals surface area (Å²) >= 11 is 12.5. The van der Waals surface area contributed by atoms with Crippen molar-refractivity contribution in [1.82, 2.24) is 10.2 Å². The first-order valence-corrected chi connectivity index (χ1v) is 15.7. The molecule has 0 aliphatic heterocycles. The van der Waals surface area contributed by atoms with Crippen LogP contribution in [-0.2, 0) is 26.2 Å². The van der Waals surface area contributed by atoms with E-state index in [1.807, 2.05) is 13.8 Å². The van der Waals surface area contributed by atoms with Gasteiger partial charge in [0.1, 0.15) is 24.2 Å². The molecule has 12 heteroatoms. The van der Waals surface area contributed by atoms with Gasteiger partial charge in [-0.2, -0.15) is 0 Å². The Balaban J connectivity index is 2.06. The maximum absolute atomic E-state index is 14.0. The summed E-state index contributed by atoms with van der Waals surface area (Å²) in [4.78, 5) is 28.4. The molecule has 1 atom stereocenters. The van der Waals surface area contributed by atoms with Crippen LogP contribution in [0.15, 0.2) is 71.6 Å². The van der Waals surface area contributed by atoms with E-state index in [1.54, 1.807) is 19.1 Å². The molecule has 0 aliphatic rings. The third-order valence-corrected chi connectivity index (χ3v) is 8.78. The van der Waals surface area contributed by atoms with E-state index < -0.39 is 34.3 Å². The second kappa shape index (κ2) is 15.2. The molecule has 0 aromatic heterocycles. The number of halogens is 3. The van der Waals surface area contributed by atoms with E-state index in [1.165, 1.54) is 47.4 Å². The second-order valence-corrected chi connectivity index (χ2v) is 12.1. The average molecular weight is 639 g/mol. The number of amides is 2. The molecule has 226 valence electrons. The van der Waals surface area contributed by atoms with Gasteiger partial charge in [0, 0.05) is 23.1 Å². The van der Waals surface area contributed by atoms with Gasteiger partial charge in [-0.15, -0.1) is 0 Å². The summed E-state index contributed by atoms with van der Waals surface area (Å²) in [5, 5.41) is 3.51. The highest BCUT2D eigenvalue weighted by atomic mass is 35.5. The highest BCUT2D eigenvalue weighted by Crippen LogP contribution is 2.28. The maximum Gasteiger partial charge on any atom is 0.264 e. The van der Waals surface area contributed by atoms with E-state index in [0.717, 1.165) is 16.4 Å². The van der Waals surface area contributed by atoms with Gasteiger partial charge in [-0.1, -0.05) is 43.1 Å². The molecule has 8 nitrogen and oxygen atoms in total. The van der Waals surface area contributed by atoms with Crippen LogP contribution in [0.3, 0.4) is 0 Å². The lowest BCUT2D eigenvalue weighted by Gasteiger charge is -2.33. The van der Waals surface area contributed by atoms with Crippen molar-refractivity contribution in [3.63, 3.8) is 0 Å². The Morgan fingerprint density at radius 3 is 2.21 bits per heavy atom. The van der Waals surface area contributed by atoms with Gasteiger partial charge in [-0.05, 0) is 86.0 Å². The lowest BCUT2D eigenvalue weighted by Crippen LogP contribution is -2.52. The van der Waals surface area contributed by atoms with Gasteiger partial charge in [-0.3, -0.25) is 13.9 Å². The van der Waals surface area contributed by atoms with Crippen molar-refractivity contribution in [2.75, 3.05) is 24.0 Å². The Kier molecular flexibility index (Phi) is 12.0. The number of carbonyl (C=O) groups is 2. The van der Waals surface area contributed by atoms with E-state index in [0.29, 0.717) is 40.9 Å². The Bertz CT molecular complexity index is 1470. The number of ether oxygens (including phenoxy) is 1. The predicted molar refractivity (Wildman–Crippen MR) is 163 cm³/mol. The quantitative estimate of drug-likeness (QED) is 0.232. The van der Waals surface area contributed by atoms with Crippen LogP contribution in [0, 0.1) is 5.82 Å². The van der Waals surface area contributed by atoms with Gasteiger partial charge in [0.15, 0.2) is 0 Å². The third kappa shape index (κ3) is 8.36. The Labute approximate surface area is 256 Å². The molecular formula is C30H34Cl2FN3O5S. The highest BCUT2D eigenvalue weighted by molar-refractivity contribution is 7.92.